The van der Waals surface area contributed by atoms with Crippen LogP contribution in [0, 0.1) is 17.5 Å². The molecule has 84 valence electrons. The highest BCUT2D eigenvalue weighted by molar-refractivity contribution is 5.85. The fourth-order valence-corrected chi connectivity index (χ4v) is 1.75. The van der Waals surface area contributed by atoms with Crippen LogP contribution in [0.3, 0.4) is 0 Å². The van der Waals surface area contributed by atoms with Crippen molar-refractivity contribution in [3.63, 3.8) is 0 Å². The Hall–Kier alpha value is -0.740. The van der Waals surface area contributed by atoms with Crippen molar-refractivity contribution in [1.82, 2.24) is 5.32 Å². The Morgan fingerprint density at radius 3 is 2.20 bits per heavy atom. The van der Waals surface area contributed by atoms with Crippen molar-refractivity contribution < 1.29 is 13.2 Å². The van der Waals surface area contributed by atoms with Gasteiger partial charge < -0.3 is 5.32 Å². The maximum atomic E-state index is 12.9. The molecule has 5 heteroatoms. The lowest BCUT2D eigenvalue weighted by atomic mass is 9.98. The molecule has 1 unspecified atom stereocenters. The highest BCUT2D eigenvalue weighted by Gasteiger charge is 2.20. The van der Waals surface area contributed by atoms with Crippen molar-refractivity contribution in [3.05, 3.63) is 35.1 Å². The van der Waals surface area contributed by atoms with Crippen LogP contribution in [0.1, 0.15) is 17.9 Å². The molecule has 0 saturated carbocycles. The zero-order chi connectivity index (χ0) is 10.1. The minimum Gasteiger partial charge on any atom is -0.316 e. The second-order valence-electron chi connectivity index (χ2n) is 3.49. The van der Waals surface area contributed by atoms with Crippen LogP contribution in [-0.4, -0.2) is 13.1 Å². The van der Waals surface area contributed by atoms with E-state index in [0.29, 0.717) is 12.1 Å². The molecule has 1 saturated heterocycles. The first-order valence-corrected chi connectivity index (χ1v) is 4.53. The van der Waals surface area contributed by atoms with E-state index in [0.717, 1.165) is 25.1 Å². The normalized spacial score (nSPS) is 20.1. The molecule has 1 nitrogen and oxygen atoms in total. The van der Waals surface area contributed by atoms with Crippen LogP contribution in [0.5, 0.6) is 0 Å². The maximum Gasteiger partial charge on any atom is 0.194 e. The van der Waals surface area contributed by atoms with Crippen molar-refractivity contribution in [2.75, 3.05) is 13.1 Å². The van der Waals surface area contributed by atoms with Crippen molar-refractivity contribution in [1.29, 1.82) is 0 Å². The van der Waals surface area contributed by atoms with E-state index in [1.807, 2.05) is 0 Å². The van der Waals surface area contributed by atoms with Crippen LogP contribution >= 0.6 is 12.4 Å². The van der Waals surface area contributed by atoms with E-state index in [4.69, 9.17) is 0 Å². The molecule has 1 atom stereocenters. The van der Waals surface area contributed by atoms with E-state index >= 15 is 0 Å². The zero-order valence-electron chi connectivity index (χ0n) is 7.90. The third-order valence-corrected chi connectivity index (χ3v) is 2.54. The minimum absolute atomic E-state index is 0. The summed E-state index contributed by atoms with van der Waals surface area (Å²) in [4.78, 5) is 0. The van der Waals surface area contributed by atoms with Crippen molar-refractivity contribution in [2.24, 2.45) is 0 Å². The number of hydrogen-bond acceptors (Lipinski definition) is 1. The summed E-state index contributed by atoms with van der Waals surface area (Å²) < 4.78 is 38.3. The lowest BCUT2D eigenvalue weighted by Crippen LogP contribution is -2.08. The van der Waals surface area contributed by atoms with E-state index in [-0.39, 0.29) is 18.3 Å². The van der Waals surface area contributed by atoms with Gasteiger partial charge >= 0.3 is 0 Å². The average molecular weight is 238 g/mol. The van der Waals surface area contributed by atoms with Gasteiger partial charge in [-0.3, -0.25) is 0 Å². The van der Waals surface area contributed by atoms with Crippen molar-refractivity contribution >= 4 is 12.4 Å². The van der Waals surface area contributed by atoms with Crippen LogP contribution in [0.2, 0.25) is 0 Å². The van der Waals surface area contributed by atoms with E-state index in [2.05, 4.69) is 5.32 Å². The molecule has 1 aliphatic heterocycles. The summed E-state index contributed by atoms with van der Waals surface area (Å²) in [5, 5.41) is 3.09. The van der Waals surface area contributed by atoms with Gasteiger partial charge in [0.05, 0.1) is 0 Å². The lowest BCUT2D eigenvalue weighted by molar-refractivity contribution is 0.444. The maximum absolute atomic E-state index is 12.9. The van der Waals surface area contributed by atoms with Crippen LogP contribution in [0.4, 0.5) is 13.2 Å². The second-order valence-corrected chi connectivity index (χ2v) is 3.49. The Labute approximate surface area is 92.1 Å². The van der Waals surface area contributed by atoms with Gasteiger partial charge in [-0.15, -0.1) is 12.4 Å². The molecular formula is C10H11ClF3N. The second kappa shape index (κ2) is 4.86. The highest BCUT2D eigenvalue weighted by Crippen LogP contribution is 2.25. The molecule has 1 N–H and O–H groups in total. The predicted octanol–water partition coefficient (Wildman–Crippen LogP) is 2.60. The van der Waals surface area contributed by atoms with Crippen LogP contribution < -0.4 is 5.32 Å². The standard InChI is InChI=1S/C10H10F3N.ClH/c11-8-3-7(4-9(12)10(8)13)6-1-2-14-5-6;/h3-4,6,14H,1-2,5H2;1H. The van der Waals surface area contributed by atoms with Crippen LogP contribution in [-0.2, 0) is 0 Å². The molecule has 15 heavy (non-hydrogen) atoms. The number of benzene rings is 1. The molecule has 2 rings (SSSR count). The summed E-state index contributed by atoms with van der Waals surface area (Å²) in [5.41, 5.74) is 0.534. The fraction of sp³-hybridized carbons (Fsp3) is 0.400. The SMILES string of the molecule is Cl.Fc1cc(C2CCNC2)cc(F)c1F. The first-order chi connectivity index (χ1) is 6.68. The molecule has 1 aromatic carbocycles. The van der Waals surface area contributed by atoms with Gasteiger partial charge in [-0.1, -0.05) is 0 Å². The topological polar surface area (TPSA) is 12.0 Å². The van der Waals surface area contributed by atoms with Gasteiger partial charge in [0.15, 0.2) is 17.5 Å². The summed E-state index contributed by atoms with van der Waals surface area (Å²) in [7, 11) is 0. The Morgan fingerprint density at radius 2 is 1.73 bits per heavy atom. The van der Waals surface area contributed by atoms with Gasteiger partial charge in [0.25, 0.3) is 0 Å². The minimum atomic E-state index is -1.39. The van der Waals surface area contributed by atoms with Crippen molar-refractivity contribution in [3.8, 4) is 0 Å². The molecule has 0 bridgehead atoms. The molecule has 1 aliphatic rings. The first-order valence-electron chi connectivity index (χ1n) is 4.53. The fourth-order valence-electron chi connectivity index (χ4n) is 1.75. The van der Waals surface area contributed by atoms with Gasteiger partial charge in [-0.05, 0) is 36.6 Å². The largest absolute Gasteiger partial charge is 0.316 e. The summed E-state index contributed by atoms with van der Waals surface area (Å²) in [6.07, 6.45) is 0.838. The summed E-state index contributed by atoms with van der Waals surface area (Å²) >= 11 is 0. The number of nitrogens with one attached hydrogen (secondary N) is 1. The van der Waals surface area contributed by atoms with Gasteiger partial charge in [0.1, 0.15) is 0 Å². The molecule has 0 spiro atoms. The number of halogens is 4. The number of hydrogen-bond donors (Lipinski definition) is 1. The zero-order valence-corrected chi connectivity index (χ0v) is 8.71. The Balaban J connectivity index is 0.00000112. The van der Waals surface area contributed by atoms with E-state index < -0.39 is 17.5 Å². The molecule has 1 fully saturated rings. The third-order valence-electron chi connectivity index (χ3n) is 2.54. The smallest absolute Gasteiger partial charge is 0.194 e. The average Bonchev–Trinajstić information content (AvgIpc) is 2.66. The molecule has 0 radical (unpaired) electrons. The molecule has 1 aromatic rings. The Bertz CT molecular complexity index is 328. The van der Waals surface area contributed by atoms with E-state index in [1.54, 1.807) is 0 Å². The van der Waals surface area contributed by atoms with Gasteiger partial charge in [-0.25, -0.2) is 13.2 Å². The molecule has 0 aromatic heterocycles. The molecule has 1 heterocycles. The predicted molar refractivity (Wildman–Crippen MR) is 53.8 cm³/mol. The monoisotopic (exact) mass is 237 g/mol. The van der Waals surface area contributed by atoms with Crippen molar-refractivity contribution in [2.45, 2.75) is 12.3 Å². The van der Waals surface area contributed by atoms with Crippen LogP contribution in [0.15, 0.2) is 12.1 Å². The summed E-state index contributed by atoms with van der Waals surface area (Å²) in [6.45, 7) is 1.54. The molecule has 0 amide bonds. The highest BCUT2D eigenvalue weighted by atomic mass is 35.5. The third kappa shape index (κ3) is 2.44. The van der Waals surface area contributed by atoms with Gasteiger partial charge in [-0.2, -0.15) is 0 Å². The number of rotatable bonds is 1. The summed E-state index contributed by atoms with van der Waals surface area (Å²) in [5.74, 6) is -3.50. The Kier molecular flexibility index (Phi) is 3.99. The van der Waals surface area contributed by atoms with Gasteiger partial charge in [0, 0.05) is 6.54 Å². The van der Waals surface area contributed by atoms with E-state index in [1.165, 1.54) is 0 Å². The Morgan fingerprint density at radius 1 is 1.13 bits per heavy atom. The van der Waals surface area contributed by atoms with Crippen LogP contribution in [0.25, 0.3) is 0 Å². The molecule has 0 aliphatic carbocycles. The lowest BCUT2D eigenvalue weighted by Gasteiger charge is -2.09. The summed E-state index contributed by atoms with van der Waals surface area (Å²) in [6, 6.07) is 2.16. The molecular weight excluding hydrogens is 227 g/mol. The van der Waals surface area contributed by atoms with Gasteiger partial charge in [0.2, 0.25) is 0 Å². The first kappa shape index (κ1) is 12.3. The quantitative estimate of drug-likeness (QED) is 0.741. The van der Waals surface area contributed by atoms with E-state index in [9.17, 15) is 13.2 Å².